The summed E-state index contributed by atoms with van der Waals surface area (Å²) in [5, 5.41) is 8.91. The number of carboxylic acids is 1. The van der Waals surface area contributed by atoms with E-state index < -0.39 is 11.4 Å². The van der Waals surface area contributed by atoms with Gasteiger partial charge in [0.25, 0.3) is 0 Å². The van der Waals surface area contributed by atoms with Crippen molar-refractivity contribution < 1.29 is 9.90 Å². The van der Waals surface area contributed by atoms with E-state index in [2.05, 4.69) is 0 Å². The molecule has 0 saturated heterocycles. The Hall–Kier alpha value is -0.280. The van der Waals surface area contributed by atoms with Crippen LogP contribution < -0.4 is 5.73 Å². The Morgan fingerprint density at radius 3 is 2.08 bits per heavy atom. The molecule has 1 aliphatic carbocycles. The highest BCUT2D eigenvalue weighted by Gasteiger charge is 2.37. The van der Waals surface area contributed by atoms with E-state index >= 15 is 0 Å². The number of nitrogens with two attached hydrogens (primary N) is 1. The van der Waals surface area contributed by atoms with E-state index in [0.717, 1.165) is 32.1 Å². The lowest BCUT2D eigenvalue weighted by molar-refractivity contribution is -0.150. The molecular weight excluding hydrogens is 178 g/mol. The maximum absolute atomic E-state index is 10.8. The van der Waals surface area contributed by atoms with Crippen molar-refractivity contribution in [2.75, 3.05) is 6.54 Å². The summed E-state index contributed by atoms with van der Waals surface area (Å²) in [6.07, 6.45) is 4.72. The van der Waals surface area contributed by atoms with Crippen molar-refractivity contribution in [1.29, 1.82) is 0 Å². The Bertz CT molecular complexity index is 155. The number of hydrogen-bond donors (Lipinski definition) is 2. The maximum Gasteiger partial charge on any atom is 0.310 e. The summed E-state index contributed by atoms with van der Waals surface area (Å²) in [5.74, 6) is -0.709. The normalized spacial score (nSPS) is 21.1. The fourth-order valence-electron chi connectivity index (χ4n) is 1.73. The molecule has 0 unspecified atom stereocenters. The van der Waals surface area contributed by atoms with Crippen molar-refractivity contribution >= 4 is 18.4 Å². The molecule has 0 bridgehead atoms. The minimum absolute atomic E-state index is 0. The molecule has 1 saturated carbocycles. The average Bonchev–Trinajstić information content (AvgIpc) is 2.05. The zero-order chi connectivity index (χ0) is 8.32. The van der Waals surface area contributed by atoms with Crippen molar-refractivity contribution in [3.8, 4) is 0 Å². The predicted molar refractivity (Wildman–Crippen MR) is 49.5 cm³/mol. The summed E-state index contributed by atoms with van der Waals surface area (Å²) in [4.78, 5) is 10.8. The van der Waals surface area contributed by atoms with Crippen LogP contribution in [0.25, 0.3) is 0 Å². The van der Waals surface area contributed by atoms with E-state index in [1.54, 1.807) is 0 Å². The first kappa shape index (κ1) is 11.7. The molecule has 3 nitrogen and oxygen atoms in total. The van der Waals surface area contributed by atoms with Gasteiger partial charge in [-0.25, -0.2) is 0 Å². The van der Waals surface area contributed by atoms with Crippen LogP contribution in [0.3, 0.4) is 0 Å². The summed E-state index contributed by atoms with van der Waals surface area (Å²) in [5.41, 5.74) is 4.87. The minimum atomic E-state index is -0.709. The second kappa shape index (κ2) is 4.67. The van der Waals surface area contributed by atoms with Crippen LogP contribution in [0.1, 0.15) is 32.1 Å². The fraction of sp³-hybridized carbons (Fsp3) is 0.875. The third-order valence-corrected chi connectivity index (χ3v) is 2.66. The van der Waals surface area contributed by atoms with Crippen LogP contribution in [0.2, 0.25) is 0 Å². The molecule has 72 valence electrons. The Labute approximate surface area is 78.7 Å². The van der Waals surface area contributed by atoms with Crippen LogP contribution in [0.5, 0.6) is 0 Å². The molecule has 0 heterocycles. The monoisotopic (exact) mass is 193 g/mol. The fourth-order valence-corrected chi connectivity index (χ4v) is 1.73. The number of rotatable bonds is 2. The van der Waals surface area contributed by atoms with E-state index in [1.165, 1.54) is 0 Å². The Balaban J connectivity index is 0.00000121. The lowest BCUT2D eigenvalue weighted by Crippen LogP contribution is -2.40. The first-order valence-electron chi connectivity index (χ1n) is 4.15. The van der Waals surface area contributed by atoms with Gasteiger partial charge in [0.2, 0.25) is 0 Å². The minimum Gasteiger partial charge on any atom is -0.481 e. The van der Waals surface area contributed by atoms with E-state index in [1.807, 2.05) is 0 Å². The van der Waals surface area contributed by atoms with Gasteiger partial charge in [-0.2, -0.15) is 0 Å². The number of aliphatic carboxylic acids is 1. The molecule has 1 rings (SSSR count). The van der Waals surface area contributed by atoms with Gasteiger partial charge >= 0.3 is 5.97 Å². The molecule has 4 heteroatoms. The molecule has 1 fully saturated rings. The highest BCUT2D eigenvalue weighted by molar-refractivity contribution is 5.85. The number of halogens is 1. The van der Waals surface area contributed by atoms with Crippen LogP contribution in [0, 0.1) is 5.41 Å². The van der Waals surface area contributed by atoms with Crippen LogP contribution in [0.4, 0.5) is 0 Å². The average molecular weight is 194 g/mol. The molecule has 0 aromatic carbocycles. The molecule has 12 heavy (non-hydrogen) atoms. The number of carbonyl (C=O) groups is 1. The molecule has 0 amide bonds. The Morgan fingerprint density at radius 1 is 1.33 bits per heavy atom. The van der Waals surface area contributed by atoms with Gasteiger partial charge in [-0.15, -0.1) is 12.4 Å². The van der Waals surface area contributed by atoms with Gasteiger partial charge < -0.3 is 10.8 Å². The van der Waals surface area contributed by atoms with Gasteiger partial charge in [-0.05, 0) is 12.8 Å². The first-order chi connectivity index (χ1) is 5.21. The number of hydrogen-bond acceptors (Lipinski definition) is 2. The lowest BCUT2D eigenvalue weighted by Gasteiger charge is -2.31. The van der Waals surface area contributed by atoms with Gasteiger partial charge in [-0.1, -0.05) is 19.3 Å². The first-order valence-corrected chi connectivity index (χ1v) is 4.15. The summed E-state index contributed by atoms with van der Waals surface area (Å²) < 4.78 is 0. The zero-order valence-electron chi connectivity index (χ0n) is 7.08. The quantitative estimate of drug-likeness (QED) is 0.697. The SMILES string of the molecule is Cl.NCC1(C(=O)O)CCCCC1. The summed E-state index contributed by atoms with van der Waals surface area (Å²) in [7, 11) is 0. The molecule has 0 aliphatic heterocycles. The second-order valence-electron chi connectivity index (χ2n) is 3.35. The predicted octanol–water partition coefficient (Wildman–Crippen LogP) is 1.40. The maximum atomic E-state index is 10.8. The third kappa shape index (κ3) is 2.11. The standard InChI is InChI=1S/C8H15NO2.ClH/c9-6-8(7(10)11)4-2-1-3-5-8;/h1-6,9H2,(H,10,11);1H. The second-order valence-corrected chi connectivity index (χ2v) is 3.35. The molecule has 0 aromatic heterocycles. The molecule has 0 radical (unpaired) electrons. The van der Waals surface area contributed by atoms with E-state index in [9.17, 15) is 4.79 Å². The lowest BCUT2D eigenvalue weighted by atomic mass is 9.74. The number of carboxylic acid groups (broad SMARTS) is 1. The highest BCUT2D eigenvalue weighted by Crippen LogP contribution is 2.35. The van der Waals surface area contributed by atoms with Gasteiger partial charge in [0.15, 0.2) is 0 Å². The molecule has 0 spiro atoms. The van der Waals surface area contributed by atoms with E-state index in [-0.39, 0.29) is 12.4 Å². The molecule has 1 aliphatic rings. The van der Waals surface area contributed by atoms with Crippen LogP contribution in [0.15, 0.2) is 0 Å². The van der Waals surface area contributed by atoms with Crippen molar-refractivity contribution in [2.24, 2.45) is 11.1 Å². The van der Waals surface area contributed by atoms with Crippen molar-refractivity contribution in [3.63, 3.8) is 0 Å². The molecular formula is C8H16ClNO2. The molecule has 3 N–H and O–H groups in total. The topological polar surface area (TPSA) is 63.3 Å². The van der Waals surface area contributed by atoms with Gasteiger partial charge in [0.05, 0.1) is 5.41 Å². The van der Waals surface area contributed by atoms with E-state index in [4.69, 9.17) is 10.8 Å². The third-order valence-electron chi connectivity index (χ3n) is 2.66. The van der Waals surface area contributed by atoms with Crippen molar-refractivity contribution in [1.82, 2.24) is 0 Å². The van der Waals surface area contributed by atoms with Crippen LogP contribution in [-0.4, -0.2) is 17.6 Å². The smallest absolute Gasteiger partial charge is 0.310 e. The summed E-state index contributed by atoms with van der Waals surface area (Å²) in [6.45, 7) is 0.294. The van der Waals surface area contributed by atoms with Gasteiger partial charge in [0.1, 0.15) is 0 Å². The highest BCUT2D eigenvalue weighted by atomic mass is 35.5. The van der Waals surface area contributed by atoms with Gasteiger partial charge in [0, 0.05) is 6.54 Å². The van der Waals surface area contributed by atoms with E-state index in [0.29, 0.717) is 6.54 Å². The van der Waals surface area contributed by atoms with Crippen molar-refractivity contribution in [3.05, 3.63) is 0 Å². The molecule has 0 aromatic rings. The van der Waals surface area contributed by atoms with Gasteiger partial charge in [-0.3, -0.25) is 4.79 Å². The largest absolute Gasteiger partial charge is 0.481 e. The zero-order valence-corrected chi connectivity index (χ0v) is 7.90. The van der Waals surface area contributed by atoms with Crippen LogP contribution >= 0.6 is 12.4 Å². The Morgan fingerprint density at radius 2 is 1.83 bits per heavy atom. The Kier molecular flexibility index (Phi) is 4.57. The van der Waals surface area contributed by atoms with Crippen LogP contribution in [-0.2, 0) is 4.79 Å². The van der Waals surface area contributed by atoms with Crippen molar-refractivity contribution in [2.45, 2.75) is 32.1 Å². The summed E-state index contributed by atoms with van der Waals surface area (Å²) in [6, 6.07) is 0. The summed E-state index contributed by atoms with van der Waals surface area (Å²) >= 11 is 0. The molecule has 0 atom stereocenters.